The number of rotatable bonds is 3. The van der Waals surface area contributed by atoms with E-state index in [0.29, 0.717) is 25.3 Å². The number of hydrogen-bond acceptors (Lipinski definition) is 3. The van der Waals surface area contributed by atoms with Gasteiger partial charge in [-0.3, -0.25) is 15.0 Å². The number of quaternary nitrogens is 1. The predicted octanol–water partition coefficient (Wildman–Crippen LogP) is 0.613. The van der Waals surface area contributed by atoms with Gasteiger partial charge >= 0.3 is 6.03 Å². The molecule has 1 unspecified atom stereocenters. The summed E-state index contributed by atoms with van der Waals surface area (Å²) in [7, 11) is 0. The van der Waals surface area contributed by atoms with Crippen LogP contribution in [0.3, 0.4) is 0 Å². The summed E-state index contributed by atoms with van der Waals surface area (Å²) in [6, 6.07) is -0.483. The number of urea groups is 1. The van der Waals surface area contributed by atoms with Crippen molar-refractivity contribution in [2.24, 2.45) is 17.8 Å². The van der Waals surface area contributed by atoms with Gasteiger partial charge in [-0.15, -0.1) is 0 Å². The van der Waals surface area contributed by atoms with Crippen molar-refractivity contribution in [1.82, 2.24) is 15.8 Å². The molecule has 4 fully saturated rings. The van der Waals surface area contributed by atoms with Crippen molar-refractivity contribution in [2.45, 2.75) is 70.3 Å². The number of likely N-dealkylation sites (tertiary alicyclic amines) is 1. The van der Waals surface area contributed by atoms with E-state index in [2.05, 4.69) is 17.7 Å². The Hall–Kier alpha value is -1.63. The van der Waals surface area contributed by atoms with Crippen LogP contribution in [-0.4, -0.2) is 48.0 Å². The Labute approximate surface area is 161 Å². The van der Waals surface area contributed by atoms with Crippen LogP contribution in [-0.2, 0) is 9.59 Å². The molecule has 4 aliphatic rings. The third-order valence-corrected chi connectivity index (χ3v) is 7.42. The van der Waals surface area contributed by atoms with Gasteiger partial charge < -0.3 is 10.2 Å². The minimum atomic E-state index is -0.801. The lowest BCUT2D eigenvalue weighted by molar-refractivity contribution is -0.902. The van der Waals surface area contributed by atoms with Crippen molar-refractivity contribution in [3.63, 3.8) is 0 Å². The Morgan fingerprint density at radius 3 is 2.59 bits per heavy atom. The molecule has 7 nitrogen and oxygen atoms in total. The third kappa shape index (κ3) is 3.71. The van der Waals surface area contributed by atoms with Crippen molar-refractivity contribution < 1.29 is 19.3 Å². The van der Waals surface area contributed by atoms with Crippen LogP contribution in [0.5, 0.6) is 0 Å². The molecule has 0 aromatic rings. The van der Waals surface area contributed by atoms with Crippen LogP contribution in [0.4, 0.5) is 4.79 Å². The van der Waals surface area contributed by atoms with Gasteiger partial charge in [0.2, 0.25) is 0 Å². The fourth-order valence-electron chi connectivity index (χ4n) is 5.66. The van der Waals surface area contributed by atoms with Gasteiger partial charge in [-0.25, -0.2) is 4.79 Å². The van der Waals surface area contributed by atoms with Gasteiger partial charge in [0.05, 0.1) is 13.1 Å². The normalized spacial score (nSPS) is 39.2. The van der Waals surface area contributed by atoms with Crippen LogP contribution >= 0.6 is 0 Å². The highest BCUT2D eigenvalue weighted by atomic mass is 16.2. The summed E-state index contributed by atoms with van der Waals surface area (Å²) in [5.41, 5.74) is 1.79. The molecule has 4 rings (SSSR count). The number of piperidine rings is 1. The maximum Gasteiger partial charge on any atom is 0.344 e. The largest absolute Gasteiger partial charge is 0.344 e. The van der Waals surface area contributed by atoms with Crippen LogP contribution < -0.4 is 15.6 Å². The summed E-state index contributed by atoms with van der Waals surface area (Å²) in [6.07, 6.45) is 9.64. The van der Waals surface area contributed by atoms with Gasteiger partial charge in [0.1, 0.15) is 5.54 Å². The zero-order chi connectivity index (χ0) is 19.0. The molecule has 2 aliphatic carbocycles. The highest BCUT2D eigenvalue weighted by Gasteiger charge is 2.53. The van der Waals surface area contributed by atoms with E-state index < -0.39 is 11.6 Å². The number of nitrogens with zero attached hydrogens (tertiary/aromatic N) is 1. The van der Waals surface area contributed by atoms with E-state index in [1.54, 1.807) is 0 Å². The van der Waals surface area contributed by atoms with Gasteiger partial charge in [0.25, 0.3) is 11.8 Å². The summed E-state index contributed by atoms with van der Waals surface area (Å²) in [4.78, 5) is 39.0. The Morgan fingerprint density at radius 1 is 1.15 bits per heavy atom. The summed E-state index contributed by atoms with van der Waals surface area (Å²) >= 11 is 0. The molecule has 7 heteroatoms. The Bertz CT molecular complexity index is 614. The molecule has 3 N–H and O–H groups in total. The molecule has 3 atom stereocenters. The van der Waals surface area contributed by atoms with Gasteiger partial charge in [0, 0.05) is 5.92 Å². The molecule has 1 spiro atoms. The van der Waals surface area contributed by atoms with Gasteiger partial charge in [-0.05, 0) is 56.8 Å². The number of nitrogens with one attached hydrogen (secondary N) is 3. The van der Waals surface area contributed by atoms with Gasteiger partial charge in [0.15, 0.2) is 6.54 Å². The Kier molecular flexibility index (Phi) is 5.14. The molecular weight excluding hydrogens is 344 g/mol. The maximum atomic E-state index is 12.8. The lowest BCUT2D eigenvalue weighted by atomic mass is 9.75. The lowest BCUT2D eigenvalue weighted by Gasteiger charge is -2.38. The smallest absolute Gasteiger partial charge is 0.327 e. The summed E-state index contributed by atoms with van der Waals surface area (Å²) in [5.74, 6) is 1.64. The summed E-state index contributed by atoms with van der Waals surface area (Å²) < 4.78 is 0. The Morgan fingerprint density at radius 2 is 1.85 bits per heavy atom. The SMILES string of the molecule is CC1CCC2(CC1)NC(=O)N(NC(=O)C[NH+]1CC[C@@H]3CCCC[C@@H]3C1)C2=O. The number of hydrazine groups is 1. The zero-order valence-electron chi connectivity index (χ0n) is 16.4. The summed E-state index contributed by atoms with van der Waals surface area (Å²) in [5, 5.41) is 3.79. The van der Waals surface area contributed by atoms with E-state index in [4.69, 9.17) is 0 Å². The van der Waals surface area contributed by atoms with Crippen molar-refractivity contribution >= 4 is 17.8 Å². The average molecular weight is 378 g/mol. The summed E-state index contributed by atoms with van der Waals surface area (Å²) in [6.45, 7) is 4.56. The van der Waals surface area contributed by atoms with Crippen LogP contribution in [0.25, 0.3) is 0 Å². The lowest BCUT2D eigenvalue weighted by Crippen LogP contribution is -3.15. The first-order chi connectivity index (χ1) is 13.0. The molecule has 2 heterocycles. The minimum absolute atomic E-state index is 0.232. The average Bonchev–Trinajstić information content (AvgIpc) is 2.88. The first-order valence-corrected chi connectivity index (χ1v) is 10.8. The Balaban J connectivity index is 1.31. The second kappa shape index (κ2) is 7.41. The van der Waals surface area contributed by atoms with Crippen molar-refractivity contribution in [2.75, 3.05) is 19.6 Å². The molecule has 150 valence electrons. The highest BCUT2D eigenvalue weighted by molar-refractivity contribution is 6.08. The molecule has 0 aromatic heterocycles. The standard InChI is InChI=1S/C20H32N4O3/c1-14-6-9-20(10-7-14)18(26)24(19(27)21-20)22-17(25)13-23-11-8-15-4-2-3-5-16(15)12-23/h14-16H,2-13H2,1H3,(H,21,27)(H,22,25)/p+1/t14?,15-,16+,20?/m0/s1. The second-order valence-electron chi connectivity index (χ2n) is 9.34. The second-order valence-corrected chi connectivity index (χ2v) is 9.34. The van der Waals surface area contributed by atoms with Crippen LogP contribution in [0.2, 0.25) is 0 Å². The molecule has 0 aromatic carbocycles. The third-order valence-electron chi connectivity index (χ3n) is 7.42. The van der Waals surface area contributed by atoms with Crippen molar-refractivity contribution in [3.05, 3.63) is 0 Å². The van der Waals surface area contributed by atoms with Gasteiger partial charge in [-0.2, -0.15) is 5.01 Å². The molecule has 2 saturated carbocycles. The molecule has 4 amide bonds. The fraction of sp³-hybridized carbons (Fsp3) is 0.850. The molecule has 0 bridgehead atoms. The first kappa shape index (κ1) is 18.7. The molecule has 0 radical (unpaired) electrons. The van der Waals surface area contributed by atoms with E-state index in [1.807, 2.05) is 0 Å². The minimum Gasteiger partial charge on any atom is -0.327 e. The van der Waals surface area contributed by atoms with E-state index in [-0.39, 0.29) is 11.8 Å². The molecule has 2 aliphatic heterocycles. The fourth-order valence-corrected chi connectivity index (χ4v) is 5.66. The number of carbonyl (C=O) groups excluding carboxylic acids is 3. The quantitative estimate of drug-likeness (QED) is 0.631. The molecular formula is C20H33N4O3+. The first-order valence-electron chi connectivity index (χ1n) is 10.8. The van der Waals surface area contributed by atoms with Gasteiger partial charge in [-0.1, -0.05) is 19.8 Å². The predicted molar refractivity (Wildman–Crippen MR) is 99.5 cm³/mol. The monoisotopic (exact) mass is 377 g/mol. The van der Waals surface area contributed by atoms with E-state index in [0.717, 1.165) is 42.8 Å². The molecule has 2 saturated heterocycles. The van der Waals surface area contributed by atoms with Crippen molar-refractivity contribution in [1.29, 1.82) is 0 Å². The van der Waals surface area contributed by atoms with E-state index in [1.165, 1.54) is 37.0 Å². The van der Waals surface area contributed by atoms with Crippen LogP contribution in [0.1, 0.15) is 64.7 Å². The van der Waals surface area contributed by atoms with Crippen LogP contribution in [0.15, 0.2) is 0 Å². The maximum absolute atomic E-state index is 12.8. The zero-order valence-corrected chi connectivity index (χ0v) is 16.4. The topological polar surface area (TPSA) is 83.0 Å². The number of amides is 4. The van der Waals surface area contributed by atoms with Crippen molar-refractivity contribution in [3.8, 4) is 0 Å². The molecule has 27 heavy (non-hydrogen) atoms. The number of carbonyl (C=O) groups is 3. The number of hydrogen-bond donors (Lipinski definition) is 3. The highest BCUT2D eigenvalue weighted by Crippen LogP contribution is 2.36. The number of imide groups is 1. The van der Waals surface area contributed by atoms with E-state index in [9.17, 15) is 14.4 Å². The number of fused-ring (bicyclic) bond motifs is 1. The van der Waals surface area contributed by atoms with Crippen LogP contribution in [0, 0.1) is 17.8 Å². The van der Waals surface area contributed by atoms with E-state index >= 15 is 0 Å².